The average molecular weight is 333 g/mol. The molecule has 1 amide bonds. The van der Waals surface area contributed by atoms with Gasteiger partial charge in [-0.3, -0.25) is 9.69 Å². The number of carbonyl (C=O) groups is 1. The van der Waals surface area contributed by atoms with Crippen molar-refractivity contribution in [2.75, 3.05) is 6.54 Å². The fourth-order valence-electron chi connectivity index (χ4n) is 3.14. The maximum Gasteiger partial charge on any atom is 0.218 e. The van der Waals surface area contributed by atoms with Gasteiger partial charge in [0, 0.05) is 35.8 Å². The third-order valence-corrected chi connectivity index (χ3v) is 4.55. The summed E-state index contributed by atoms with van der Waals surface area (Å²) in [6.45, 7) is 1.80. The number of halogens is 1. The van der Waals surface area contributed by atoms with Crippen LogP contribution in [0.5, 0.6) is 0 Å². The van der Waals surface area contributed by atoms with Gasteiger partial charge in [-0.2, -0.15) is 5.10 Å². The van der Waals surface area contributed by atoms with Gasteiger partial charge in [-0.25, -0.2) is 4.68 Å². The van der Waals surface area contributed by atoms with E-state index >= 15 is 0 Å². The van der Waals surface area contributed by atoms with E-state index in [2.05, 4.69) is 10.00 Å². The number of aromatic nitrogens is 2. The molecule has 1 aromatic carbocycles. The van der Waals surface area contributed by atoms with Crippen molar-refractivity contribution < 1.29 is 4.79 Å². The first-order valence-electron chi connectivity index (χ1n) is 7.93. The minimum Gasteiger partial charge on any atom is -0.370 e. The number of carbonyl (C=O) groups excluding carboxylic acids is 1. The molecule has 0 unspecified atom stereocenters. The Balaban J connectivity index is 1.70. The summed E-state index contributed by atoms with van der Waals surface area (Å²) in [6.07, 6.45) is 7.71. The van der Waals surface area contributed by atoms with Crippen molar-refractivity contribution in [1.29, 1.82) is 0 Å². The smallest absolute Gasteiger partial charge is 0.218 e. The fraction of sp³-hybridized carbons (Fsp3) is 0.412. The lowest BCUT2D eigenvalue weighted by atomic mass is 9.98. The van der Waals surface area contributed by atoms with Crippen LogP contribution in [0.4, 0.5) is 0 Å². The van der Waals surface area contributed by atoms with Crippen LogP contribution in [0, 0.1) is 0 Å². The number of amides is 1. The maximum absolute atomic E-state index is 11.3. The van der Waals surface area contributed by atoms with Gasteiger partial charge in [0.25, 0.3) is 0 Å². The van der Waals surface area contributed by atoms with Gasteiger partial charge in [0.15, 0.2) is 0 Å². The summed E-state index contributed by atoms with van der Waals surface area (Å²) in [7, 11) is 0. The number of benzene rings is 1. The highest BCUT2D eigenvalue weighted by Gasteiger charge is 2.24. The summed E-state index contributed by atoms with van der Waals surface area (Å²) >= 11 is 5.92. The zero-order valence-corrected chi connectivity index (χ0v) is 13.7. The third-order valence-electron chi connectivity index (χ3n) is 4.30. The van der Waals surface area contributed by atoms with Crippen molar-refractivity contribution in [3.63, 3.8) is 0 Å². The van der Waals surface area contributed by atoms with E-state index < -0.39 is 0 Å². The molecule has 0 saturated carbocycles. The molecule has 0 spiro atoms. The van der Waals surface area contributed by atoms with Crippen LogP contribution in [0.2, 0.25) is 5.02 Å². The molecule has 1 aromatic heterocycles. The Bertz CT molecular complexity index is 667. The van der Waals surface area contributed by atoms with Crippen molar-refractivity contribution in [1.82, 2.24) is 14.7 Å². The maximum atomic E-state index is 11.3. The van der Waals surface area contributed by atoms with E-state index in [1.807, 2.05) is 41.3 Å². The lowest BCUT2D eigenvalue weighted by Crippen LogP contribution is -2.41. The minimum absolute atomic E-state index is 0.223. The van der Waals surface area contributed by atoms with Gasteiger partial charge in [0.1, 0.15) is 0 Å². The Hall–Kier alpha value is -1.85. The highest BCUT2D eigenvalue weighted by atomic mass is 35.5. The fourth-order valence-corrected chi connectivity index (χ4v) is 3.27. The van der Waals surface area contributed by atoms with Gasteiger partial charge in [0.2, 0.25) is 5.91 Å². The Labute approximate surface area is 141 Å². The molecule has 1 atom stereocenters. The molecule has 3 rings (SSSR count). The quantitative estimate of drug-likeness (QED) is 0.915. The first kappa shape index (κ1) is 16.0. The highest BCUT2D eigenvalue weighted by molar-refractivity contribution is 6.30. The van der Waals surface area contributed by atoms with E-state index in [1.54, 1.807) is 0 Å². The zero-order chi connectivity index (χ0) is 16.2. The molecular weight excluding hydrogens is 312 g/mol. The number of hydrogen-bond acceptors (Lipinski definition) is 3. The molecular formula is C17H21ClN4O. The normalized spacial score (nSPS) is 18.9. The SMILES string of the molecule is NC(=O)C[C@H]1CCCCN1Cc1cnn(-c2ccc(Cl)cc2)c1. The molecule has 2 N–H and O–H groups in total. The molecule has 2 heterocycles. The number of nitrogens with two attached hydrogens (primary N) is 1. The largest absolute Gasteiger partial charge is 0.370 e. The summed E-state index contributed by atoms with van der Waals surface area (Å²) in [6, 6.07) is 7.84. The van der Waals surface area contributed by atoms with E-state index in [4.69, 9.17) is 17.3 Å². The Morgan fingerprint density at radius 1 is 1.30 bits per heavy atom. The molecule has 1 aliphatic heterocycles. The summed E-state index contributed by atoms with van der Waals surface area (Å²) < 4.78 is 1.85. The van der Waals surface area contributed by atoms with Gasteiger partial charge in [0.05, 0.1) is 11.9 Å². The van der Waals surface area contributed by atoms with E-state index in [-0.39, 0.29) is 11.9 Å². The first-order valence-corrected chi connectivity index (χ1v) is 8.31. The second-order valence-electron chi connectivity index (χ2n) is 6.06. The Morgan fingerprint density at radius 2 is 2.09 bits per heavy atom. The van der Waals surface area contributed by atoms with Gasteiger partial charge in [-0.15, -0.1) is 0 Å². The monoisotopic (exact) mass is 332 g/mol. The number of likely N-dealkylation sites (tertiary alicyclic amines) is 1. The topological polar surface area (TPSA) is 64.2 Å². The van der Waals surface area contributed by atoms with Crippen molar-refractivity contribution in [2.24, 2.45) is 5.73 Å². The lowest BCUT2D eigenvalue weighted by molar-refractivity contribution is -0.119. The minimum atomic E-state index is -0.223. The summed E-state index contributed by atoms with van der Waals surface area (Å²) in [5, 5.41) is 5.13. The van der Waals surface area contributed by atoms with Gasteiger partial charge in [-0.1, -0.05) is 18.0 Å². The van der Waals surface area contributed by atoms with Crippen molar-refractivity contribution in [3.05, 3.63) is 47.2 Å². The molecule has 0 aliphatic carbocycles. The van der Waals surface area contributed by atoms with Crippen molar-refractivity contribution >= 4 is 17.5 Å². The number of rotatable bonds is 5. The van der Waals surface area contributed by atoms with Crippen molar-refractivity contribution in [2.45, 2.75) is 38.3 Å². The van der Waals surface area contributed by atoms with Gasteiger partial charge < -0.3 is 5.73 Å². The molecule has 0 radical (unpaired) electrons. The second kappa shape index (κ2) is 7.15. The number of piperidine rings is 1. The van der Waals surface area contributed by atoms with E-state index in [1.165, 1.54) is 12.8 Å². The molecule has 1 aliphatic rings. The molecule has 6 heteroatoms. The van der Waals surface area contributed by atoms with Crippen LogP contribution in [0.3, 0.4) is 0 Å². The van der Waals surface area contributed by atoms with Crippen LogP contribution >= 0.6 is 11.6 Å². The standard InChI is InChI=1S/C17H21ClN4O/c18-14-4-6-15(7-5-14)22-12-13(10-20-22)11-21-8-2-1-3-16(21)9-17(19)23/h4-7,10,12,16H,1-3,8-9,11H2,(H2,19,23)/t16-/m1/s1. The first-order chi connectivity index (χ1) is 11.1. The van der Waals surface area contributed by atoms with Crippen LogP contribution < -0.4 is 5.73 Å². The van der Waals surface area contributed by atoms with E-state index in [0.29, 0.717) is 11.4 Å². The second-order valence-corrected chi connectivity index (χ2v) is 6.50. The summed E-state index contributed by atoms with van der Waals surface area (Å²) in [5.41, 5.74) is 7.49. The van der Waals surface area contributed by atoms with E-state index in [0.717, 1.165) is 30.8 Å². The summed E-state index contributed by atoms with van der Waals surface area (Å²) in [5.74, 6) is -0.223. The Morgan fingerprint density at radius 3 is 2.83 bits per heavy atom. The predicted octanol–water partition coefficient (Wildman–Crippen LogP) is 2.76. The number of nitrogens with zero attached hydrogens (tertiary/aromatic N) is 3. The number of primary amides is 1. The lowest BCUT2D eigenvalue weighted by Gasteiger charge is -2.34. The predicted molar refractivity (Wildman–Crippen MR) is 90.4 cm³/mol. The Kier molecular flexibility index (Phi) is 4.98. The number of hydrogen-bond donors (Lipinski definition) is 1. The van der Waals surface area contributed by atoms with Crippen LogP contribution in [0.1, 0.15) is 31.2 Å². The highest BCUT2D eigenvalue weighted by Crippen LogP contribution is 2.22. The van der Waals surface area contributed by atoms with Crippen LogP contribution in [-0.2, 0) is 11.3 Å². The van der Waals surface area contributed by atoms with E-state index in [9.17, 15) is 4.79 Å². The molecule has 122 valence electrons. The van der Waals surface area contributed by atoms with Crippen LogP contribution in [0.15, 0.2) is 36.7 Å². The molecule has 23 heavy (non-hydrogen) atoms. The van der Waals surface area contributed by atoms with Crippen molar-refractivity contribution in [3.8, 4) is 5.69 Å². The van der Waals surface area contributed by atoms with Gasteiger partial charge >= 0.3 is 0 Å². The molecule has 1 fully saturated rings. The zero-order valence-electron chi connectivity index (χ0n) is 13.0. The average Bonchev–Trinajstić information content (AvgIpc) is 2.98. The third kappa shape index (κ3) is 4.12. The van der Waals surface area contributed by atoms with Gasteiger partial charge in [-0.05, 0) is 43.7 Å². The molecule has 0 bridgehead atoms. The summed E-state index contributed by atoms with van der Waals surface area (Å²) in [4.78, 5) is 13.6. The molecule has 1 saturated heterocycles. The molecule has 2 aromatic rings. The van der Waals surface area contributed by atoms with Crippen LogP contribution in [-0.4, -0.2) is 33.2 Å². The molecule has 5 nitrogen and oxygen atoms in total. The van der Waals surface area contributed by atoms with Crippen LogP contribution in [0.25, 0.3) is 5.69 Å².